The minimum Gasteiger partial charge on any atom is -0.452 e. The smallest absolute Gasteiger partial charge is 0.331 e. The summed E-state index contributed by atoms with van der Waals surface area (Å²) in [6, 6.07) is 17.5. The number of aryl methyl sites for hydroxylation is 2. The Morgan fingerprint density at radius 1 is 1.03 bits per heavy atom. The second-order valence-corrected chi connectivity index (χ2v) is 7.46. The fourth-order valence-electron chi connectivity index (χ4n) is 3.20. The van der Waals surface area contributed by atoms with E-state index in [1.165, 1.54) is 16.5 Å². The van der Waals surface area contributed by atoms with Crippen LogP contribution in [0.2, 0.25) is 0 Å². The molecular weight excluding hydrogens is 390 g/mol. The SMILES string of the molecule is Cc1ccc(Cn2nc(C)c(/C=C/C(=O)OCC(=O)N(C)c3ccccc3)c2C)cc1. The molecule has 6 nitrogen and oxygen atoms in total. The van der Waals surface area contributed by atoms with E-state index in [4.69, 9.17) is 4.74 Å². The number of amides is 1. The van der Waals surface area contributed by atoms with Gasteiger partial charge in [0.25, 0.3) is 5.91 Å². The van der Waals surface area contributed by atoms with Gasteiger partial charge in [-0.05, 0) is 44.5 Å². The summed E-state index contributed by atoms with van der Waals surface area (Å²) in [5.74, 6) is -0.869. The van der Waals surface area contributed by atoms with Gasteiger partial charge in [0.05, 0.1) is 12.2 Å². The molecule has 0 radical (unpaired) electrons. The van der Waals surface area contributed by atoms with Gasteiger partial charge in [-0.1, -0.05) is 48.0 Å². The summed E-state index contributed by atoms with van der Waals surface area (Å²) in [7, 11) is 1.65. The first-order valence-corrected chi connectivity index (χ1v) is 10.1. The van der Waals surface area contributed by atoms with Crippen LogP contribution in [0.5, 0.6) is 0 Å². The van der Waals surface area contributed by atoms with Crippen LogP contribution < -0.4 is 4.90 Å². The number of hydrogen-bond acceptors (Lipinski definition) is 4. The summed E-state index contributed by atoms with van der Waals surface area (Å²) >= 11 is 0. The van der Waals surface area contributed by atoms with Crippen LogP contribution in [0.1, 0.15) is 28.1 Å². The molecule has 0 bridgehead atoms. The monoisotopic (exact) mass is 417 g/mol. The first-order chi connectivity index (χ1) is 14.8. The lowest BCUT2D eigenvalue weighted by atomic mass is 10.1. The summed E-state index contributed by atoms with van der Waals surface area (Å²) in [5, 5.41) is 4.59. The van der Waals surface area contributed by atoms with E-state index in [1.54, 1.807) is 13.1 Å². The van der Waals surface area contributed by atoms with Crippen LogP contribution in [0.25, 0.3) is 6.08 Å². The number of hydrogen-bond donors (Lipinski definition) is 0. The Labute approximate surface area is 182 Å². The van der Waals surface area contributed by atoms with Crippen molar-refractivity contribution >= 4 is 23.6 Å². The second-order valence-electron chi connectivity index (χ2n) is 7.46. The van der Waals surface area contributed by atoms with Crippen LogP contribution in [0.3, 0.4) is 0 Å². The van der Waals surface area contributed by atoms with E-state index in [2.05, 4.69) is 36.3 Å². The number of carbonyl (C=O) groups excluding carboxylic acids is 2. The third kappa shape index (κ3) is 5.69. The highest BCUT2D eigenvalue weighted by atomic mass is 16.5. The van der Waals surface area contributed by atoms with Crippen LogP contribution in [-0.4, -0.2) is 35.3 Å². The van der Waals surface area contributed by atoms with Crippen molar-refractivity contribution < 1.29 is 14.3 Å². The zero-order valence-electron chi connectivity index (χ0n) is 18.3. The normalized spacial score (nSPS) is 11.0. The van der Waals surface area contributed by atoms with Gasteiger partial charge in [-0.15, -0.1) is 0 Å². The minimum absolute atomic E-state index is 0.300. The third-order valence-corrected chi connectivity index (χ3v) is 5.13. The van der Waals surface area contributed by atoms with Gasteiger partial charge in [-0.25, -0.2) is 4.79 Å². The van der Waals surface area contributed by atoms with Crippen molar-refractivity contribution in [1.29, 1.82) is 0 Å². The van der Waals surface area contributed by atoms with Crippen molar-refractivity contribution in [3.05, 3.63) is 88.8 Å². The first kappa shape index (κ1) is 22.0. The topological polar surface area (TPSA) is 64.4 Å². The molecule has 31 heavy (non-hydrogen) atoms. The molecule has 1 aromatic heterocycles. The molecule has 0 unspecified atom stereocenters. The molecule has 0 N–H and O–H groups in total. The predicted molar refractivity (Wildman–Crippen MR) is 122 cm³/mol. The Balaban J connectivity index is 1.59. The molecule has 0 saturated heterocycles. The van der Waals surface area contributed by atoms with E-state index in [-0.39, 0.29) is 12.5 Å². The zero-order valence-corrected chi connectivity index (χ0v) is 18.3. The van der Waals surface area contributed by atoms with E-state index >= 15 is 0 Å². The van der Waals surface area contributed by atoms with Gasteiger partial charge in [0, 0.05) is 30.1 Å². The average molecular weight is 418 g/mol. The molecule has 160 valence electrons. The number of carbonyl (C=O) groups is 2. The summed E-state index contributed by atoms with van der Waals surface area (Å²) in [6.45, 7) is 6.27. The summed E-state index contributed by atoms with van der Waals surface area (Å²) < 4.78 is 7.04. The van der Waals surface area contributed by atoms with Crippen molar-refractivity contribution in [2.75, 3.05) is 18.6 Å². The highest BCUT2D eigenvalue weighted by molar-refractivity contribution is 5.96. The van der Waals surface area contributed by atoms with Crippen LogP contribution >= 0.6 is 0 Å². The summed E-state index contributed by atoms with van der Waals surface area (Å²) in [5.41, 5.74) is 5.78. The van der Waals surface area contributed by atoms with Gasteiger partial charge in [0.15, 0.2) is 6.61 Å². The Morgan fingerprint density at radius 2 is 1.71 bits per heavy atom. The molecule has 0 aliphatic rings. The second kappa shape index (κ2) is 9.89. The van der Waals surface area contributed by atoms with Gasteiger partial charge >= 0.3 is 5.97 Å². The highest BCUT2D eigenvalue weighted by Gasteiger charge is 2.13. The van der Waals surface area contributed by atoms with Crippen LogP contribution in [-0.2, 0) is 20.9 Å². The lowest BCUT2D eigenvalue weighted by Gasteiger charge is -2.16. The van der Waals surface area contributed by atoms with Gasteiger partial charge < -0.3 is 9.64 Å². The van der Waals surface area contributed by atoms with E-state index in [9.17, 15) is 9.59 Å². The molecule has 0 spiro atoms. The standard InChI is InChI=1S/C25H27N3O3/c1-18-10-12-21(13-11-18)16-28-20(3)23(19(2)26-28)14-15-25(30)31-17-24(29)27(4)22-8-6-5-7-9-22/h5-15H,16-17H2,1-4H3/b15-14+. The maximum Gasteiger partial charge on any atom is 0.331 e. The number of ether oxygens (including phenoxy) is 1. The largest absolute Gasteiger partial charge is 0.452 e. The Morgan fingerprint density at radius 3 is 2.39 bits per heavy atom. The number of rotatable bonds is 7. The van der Waals surface area contributed by atoms with E-state index in [0.29, 0.717) is 6.54 Å². The lowest BCUT2D eigenvalue weighted by Crippen LogP contribution is -2.30. The Hall–Kier alpha value is -3.67. The number of benzene rings is 2. The fourth-order valence-corrected chi connectivity index (χ4v) is 3.20. The molecule has 0 atom stereocenters. The number of anilines is 1. The molecular formula is C25H27N3O3. The third-order valence-electron chi connectivity index (χ3n) is 5.13. The van der Waals surface area contributed by atoms with Crippen molar-refractivity contribution in [3.63, 3.8) is 0 Å². The number of para-hydroxylation sites is 1. The molecule has 0 aliphatic carbocycles. The number of likely N-dealkylation sites (N-methyl/N-ethyl adjacent to an activating group) is 1. The maximum absolute atomic E-state index is 12.2. The molecule has 6 heteroatoms. The highest BCUT2D eigenvalue weighted by Crippen LogP contribution is 2.17. The lowest BCUT2D eigenvalue weighted by molar-refractivity contribution is -0.142. The van der Waals surface area contributed by atoms with E-state index in [1.807, 2.05) is 48.9 Å². The Bertz CT molecular complexity index is 1080. The van der Waals surface area contributed by atoms with Crippen molar-refractivity contribution in [1.82, 2.24) is 9.78 Å². The van der Waals surface area contributed by atoms with Gasteiger partial charge in [0.1, 0.15) is 0 Å². The van der Waals surface area contributed by atoms with Gasteiger partial charge in [-0.2, -0.15) is 5.10 Å². The van der Waals surface area contributed by atoms with Gasteiger partial charge in [-0.3, -0.25) is 9.48 Å². The van der Waals surface area contributed by atoms with Crippen LogP contribution in [0, 0.1) is 20.8 Å². The molecule has 3 rings (SSSR count). The molecule has 0 fully saturated rings. The quantitative estimate of drug-likeness (QED) is 0.429. The average Bonchev–Trinajstić information content (AvgIpc) is 3.04. The van der Waals surface area contributed by atoms with Crippen molar-refractivity contribution in [2.45, 2.75) is 27.3 Å². The van der Waals surface area contributed by atoms with E-state index < -0.39 is 5.97 Å². The number of esters is 1. The zero-order chi connectivity index (χ0) is 22.4. The maximum atomic E-state index is 12.2. The summed E-state index contributed by atoms with van der Waals surface area (Å²) in [6.07, 6.45) is 3.03. The predicted octanol–water partition coefficient (Wildman–Crippen LogP) is 4.08. The number of nitrogens with zero attached hydrogens (tertiary/aromatic N) is 3. The minimum atomic E-state index is -0.570. The van der Waals surface area contributed by atoms with Gasteiger partial charge in [0.2, 0.25) is 0 Å². The van der Waals surface area contributed by atoms with Crippen LogP contribution in [0.15, 0.2) is 60.7 Å². The molecule has 3 aromatic rings. The van der Waals surface area contributed by atoms with Crippen LogP contribution in [0.4, 0.5) is 5.69 Å². The molecule has 0 saturated carbocycles. The molecule has 0 aliphatic heterocycles. The summed E-state index contributed by atoms with van der Waals surface area (Å²) in [4.78, 5) is 25.8. The van der Waals surface area contributed by atoms with Crippen molar-refractivity contribution in [3.8, 4) is 0 Å². The fraction of sp³-hybridized carbons (Fsp3) is 0.240. The number of aromatic nitrogens is 2. The molecule has 1 heterocycles. The van der Waals surface area contributed by atoms with E-state index in [0.717, 1.165) is 28.2 Å². The Kier molecular flexibility index (Phi) is 7.03. The van der Waals surface area contributed by atoms with Crippen molar-refractivity contribution in [2.24, 2.45) is 0 Å². The molecule has 2 aromatic carbocycles. The first-order valence-electron chi connectivity index (χ1n) is 10.1. The molecule has 1 amide bonds.